The molecule has 0 fully saturated rings. The van der Waals surface area contributed by atoms with E-state index in [1.807, 2.05) is 13.0 Å². The summed E-state index contributed by atoms with van der Waals surface area (Å²) in [6, 6.07) is 0. The summed E-state index contributed by atoms with van der Waals surface area (Å²) in [5, 5.41) is 11.7. The third kappa shape index (κ3) is 6.13. The second-order valence-electron chi connectivity index (χ2n) is 2.59. The molecule has 0 aromatic rings. The molecule has 0 radical (unpaired) electrons. The quantitative estimate of drug-likeness (QED) is 0.466. The van der Waals surface area contributed by atoms with Gasteiger partial charge in [0.05, 0.1) is 6.61 Å². The smallest absolute Gasteiger partial charge is 0.0556 e. The third-order valence-electron chi connectivity index (χ3n) is 1.46. The van der Waals surface area contributed by atoms with Crippen LogP contribution in [0, 0.1) is 0 Å². The Hall–Kier alpha value is -0.600. The van der Waals surface area contributed by atoms with Gasteiger partial charge in [0.2, 0.25) is 0 Å². The highest BCUT2D eigenvalue weighted by Gasteiger charge is 1.89. The molecule has 0 rings (SSSR count). The average Bonchev–Trinajstić information content (AvgIpc) is 2.06. The van der Waals surface area contributed by atoms with E-state index in [1.165, 1.54) is 5.57 Å². The van der Waals surface area contributed by atoms with Gasteiger partial charge in [0.25, 0.3) is 0 Å². The second kappa shape index (κ2) is 8.50. The molecule has 70 valence electrons. The predicted octanol–water partition coefficient (Wildman–Crippen LogP) is 1.48. The van der Waals surface area contributed by atoms with Gasteiger partial charge in [0, 0.05) is 13.1 Å². The summed E-state index contributed by atoms with van der Waals surface area (Å²) in [6.07, 6.45) is 7.36. The van der Waals surface area contributed by atoms with Gasteiger partial charge in [-0.1, -0.05) is 25.2 Å². The number of hydrogen-bond acceptors (Lipinski definition) is 2. The molecule has 0 aromatic heterocycles. The molecular formula is C10H19NO. The van der Waals surface area contributed by atoms with Gasteiger partial charge in [-0.2, -0.15) is 0 Å². The van der Waals surface area contributed by atoms with Gasteiger partial charge >= 0.3 is 0 Å². The molecule has 0 aliphatic carbocycles. The maximum Gasteiger partial charge on any atom is 0.0556 e. The zero-order valence-corrected chi connectivity index (χ0v) is 8.01. The fraction of sp³-hybridized carbons (Fsp3) is 0.600. The molecule has 2 heteroatoms. The lowest BCUT2D eigenvalue weighted by Gasteiger charge is -2.02. The van der Waals surface area contributed by atoms with Gasteiger partial charge in [-0.15, -0.1) is 0 Å². The lowest BCUT2D eigenvalue weighted by Crippen LogP contribution is -2.20. The van der Waals surface area contributed by atoms with Crippen LogP contribution in [-0.4, -0.2) is 24.8 Å². The third-order valence-corrected chi connectivity index (χ3v) is 1.46. The summed E-state index contributed by atoms with van der Waals surface area (Å²) in [4.78, 5) is 0. The fourth-order valence-corrected chi connectivity index (χ4v) is 0.987. The predicted molar refractivity (Wildman–Crippen MR) is 53.1 cm³/mol. The van der Waals surface area contributed by atoms with Crippen LogP contribution in [0.2, 0.25) is 0 Å². The van der Waals surface area contributed by atoms with E-state index in [9.17, 15) is 0 Å². The van der Waals surface area contributed by atoms with Crippen LogP contribution in [0.5, 0.6) is 0 Å². The highest BCUT2D eigenvalue weighted by atomic mass is 16.3. The van der Waals surface area contributed by atoms with Crippen molar-refractivity contribution in [2.75, 3.05) is 19.7 Å². The van der Waals surface area contributed by atoms with Crippen molar-refractivity contribution in [3.05, 3.63) is 23.8 Å². The van der Waals surface area contributed by atoms with Crippen LogP contribution in [-0.2, 0) is 0 Å². The number of rotatable bonds is 6. The van der Waals surface area contributed by atoms with Gasteiger partial charge in [0.1, 0.15) is 0 Å². The van der Waals surface area contributed by atoms with Crippen molar-refractivity contribution in [1.82, 2.24) is 5.32 Å². The molecule has 0 atom stereocenters. The van der Waals surface area contributed by atoms with Crippen molar-refractivity contribution < 1.29 is 5.11 Å². The van der Waals surface area contributed by atoms with Crippen molar-refractivity contribution >= 4 is 0 Å². The first kappa shape index (κ1) is 11.4. The maximum absolute atomic E-state index is 8.54. The molecule has 0 saturated heterocycles. The molecule has 0 aliphatic rings. The van der Waals surface area contributed by atoms with Crippen LogP contribution in [0.3, 0.4) is 0 Å². The molecule has 0 aliphatic heterocycles. The zero-order chi connectivity index (χ0) is 9.23. The summed E-state index contributed by atoms with van der Waals surface area (Å²) >= 11 is 0. The minimum Gasteiger partial charge on any atom is -0.395 e. The largest absolute Gasteiger partial charge is 0.395 e. The Balaban J connectivity index is 3.72. The van der Waals surface area contributed by atoms with E-state index >= 15 is 0 Å². The topological polar surface area (TPSA) is 32.3 Å². The molecule has 0 aromatic carbocycles. The van der Waals surface area contributed by atoms with Gasteiger partial charge < -0.3 is 10.4 Å². The highest BCUT2D eigenvalue weighted by molar-refractivity contribution is 5.19. The molecule has 0 heterocycles. The van der Waals surface area contributed by atoms with E-state index in [1.54, 1.807) is 0 Å². The normalized spacial score (nSPS) is 12.8. The van der Waals surface area contributed by atoms with Crippen LogP contribution in [0.4, 0.5) is 0 Å². The molecule has 0 spiro atoms. The van der Waals surface area contributed by atoms with E-state index in [0.29, 0.717) is 6.54 Å². The van der Waals surface area contributed by atoms with Crippen LogP contribution in [0.15, 0.2) is 23.8 Å². The number of aliphatic hydroxyl groups is 1. The summed E-state index contributed by atoms with van der Waals surface area (Å²) in [7, 11) is 0. The molecule has 0 saturated carbocycles. The van der Waals surface area contributed by atoms with E-state index in [0.717, 1.165) is 13.0 Å². The molecule has 12 heavy (non-hydrogen) atoms. The lowest BCUT2D eigenvalue weighted by molar-refractivity contribution is 0.294. The van der Waals surface area contributed by atoms with Gasteiger partial charge in [-0.3, -0.25) is 0 Å². The van der Waals surface area contributed by atoms with Crippen molar-refractivity contribution in [3.63, 3.8) is 0 Å². The number of allylic oxidation sites excluding steroid dienone is 2. The first-order chi connectivity index (χ1) is 5.85. The summed E-state index contributed by atoms with van der Waals surface area (Å²) in [6.45, 7) is 5.84. The van der Waals surface area contributed by atoms with Crippen LogP contribution >= 0.6 is 0 Å². The number of aliphatic hydroxyl groups excluding tert-OH is 1. The summed E-state index contributed by atoms with van der Waals surface area (Å²) < 4.78 is 0. The highest BCUT2D eigenvalue weighted by Crippen LogP contribution is 1.96. The minimum absolute atomic E-state index is 0.204. The fourth-order valence-electron chi connectivity index (χ4n) is 0.987. The van der Waals surface area contributed by atoms with Crippen molar-refractivity contribution in [2.24, 2.45) is 0 Å². The van der Waals surface area contributed by atoms with E-state index in [2.05, 4.69) is 24.4 Å². The number of nitrogens with one attached hydrogen (secondary N) is 1. The monoisotopic (exact) mass is 169 g/mol. The molecule has 0 unspecified atom stereocenters. The zero-order valence-electron chi connectivity index (χ0n) is 8.01. The SMILES string of the molecule is C/C=C\C(=C/CC)CNCCO. The maximum atomic E-state index is 8.54. The van der Waals surface area contributed by atoms with Gasteiger partial charge in [-0.25, -0.2) is 0 Å². The van der Waals surface area contributed by atoms with Crippen molar-refractivity contribution in [1.29, 1.82) is 0 Å². The summed E-state index contributed by atoms with van der Waals surface area (Å²) in [5.41, 5.74) is 1.29. The first-order valence-corrected chi connectivity index (χ1v) is 4.48. The standard InChI is InChI=1S/C10H19NO/c1-3-5-10(6-4-2)9-11-7-8-12/h3,5-6,11-12H,4,7-9H2,1-2H3/b5-3-,10-6+. The molecule has 2 nitrogen and oxygen atoms in total. The first-order valence-electron chi connectivity index (χ1n) is 4.48. The van der Waals surface area contributed by atoms with E-state index in [4.69, 9.17) is 5.11 Å². The lowest BCUT2D eigenvalue weighted by atomic mass is 10.2. The average molecular weight is 169 g/mol. The molecule has 0 bridgehead atoms. The van der Waals surface area contributed by atoms with E-state index in [-0.39, 0.29) is 6.61 Å². The minimum atomic E-state index is 0.204. The second-order valence-corrected chi connectivity index (χ2v) is 2.59. The Morgan fingerprint density at radius 3 is 2.75 bits per heavy atom. The Kier molecular flexibility index (Phi) is 8.07. The summed E-state index contributed by atoms with van der Waals surface area (Å²) in [5.74, 6) is 0. The van der Waals surface area contributed by atoms with Gasteiger partial charge in [0.15, 0.2) is 0 Å². The molecule has 2 N–H and O–H groups in total. The molecule has 0 amide bonds. The Labute approximate surface area is 75.0 Å². The van der Waals surface area contributed by atoms with Crippen LogP contribution in [0.1, 0.15) is 20.3 Å². The van der Waals surface area contributed by atoms with Gasteiger partial charge in [-0.05, 0) is 18.9 Å². The van der Waals surface area contributed by atoms with Crippen molar-refractivity contribution in [3.8, 4) is 0 Å². The molecular weight excluding hydrogens is 150 g/mol. The van der Waals surface area contributed by atoms with Crippen LogP contribution in [0.25, 0.3) is 0 Å². The van der Waals surface area contributed by atoms with Crippen molar-refractivity contribution in [2.45, 2.75) is 20.3 Å². The Morgan fingerprint density at radius 2 is 2.25 bits per heavy atom. The van der Waals surface area contributed by atoms with Crippen LogP contribution < -0.4 is 5.32 Å². The Bertz CT molecular complexity index is 150. The Morgan fingerprint density at radius 1 is 1.50 bits per heavy atom. The number of hydrogen-bond donors (Lipinski definition) is 2. The van der Waals surface area contributed by atoms with E-state index < -0.39 is 0 Å².